The Morgan fingerprint density at radius 2 is 1.24 bits per heavy atom. The zero-order chi connectivity index (χ0) is 26.1. The molecule has 37 heavy (non-hydrogen) atoms. The molecule has 0 fully saturated rings. The molecule has 0 unspecified atom stereocenters. The normalized spacial score (nSPS) is 10.9. The highest BCUT2D eigenvalue weighted by molar-refractivity contribution is 7.92. The fourth-order valence-electron chi connectivity index (χ4n) is 3.66. The summed E-state index contributed by atoms with van der Waals surface area (Å²) < 4.78 is 38.8. The minimum absolute atomic E-state index is 0.0803. The van der Waals surface area contributed by atoms with E-state index >= 15 is 0 Å². The van der Waals surface area contributed by atoms with Gasteiger partial charge in [0.15, 0.2) is 6.61 Å². The molecule has 8 heteroatoms. The Bertz CT molecular complexity index is 1350. The molecule has 0 radical (unpaired) electrons. The van der Waals surface area contributed by atoms with Crippen LogP contribution in [-0.4, -0.2) is 32.9 Å². The topological polar surface area (TPSA) is 84.9 Å². The number of amides is 1. The quantitative estimate of drug-likeness (QED) is 0.300. The molecule has 0 atom stereocenters. The van der Waals surface area contributed by atoms with Crippen LogP contribution >= 0.6 is 0 Å². The average molecular weight is 517 g/mol. The molecule has 0 spiro atoms. The molecule has 0 aliphatic heterocycles. The van der Waals surface area contributed by atoms with E-state index in [1.807, 2.05) is 60.7 Å². The van der Waals surface area contributed by atoms with Crippen LogP contribution in [0, 0.1) is 0 Å². The molecular weight excluding hydrogens is 488 g/mol. The fraction of sp³-hybridized carbons (Fsp3) is 0.138. The lowest BCUT2D eigenvalue weighted by molar-refractivity contribution is -0.134. The van der Waals surface area contributed by atoms with Crippen molar-refractivity contribution in [2.45, 2.75) is 18.0 Å². The Balaban J connectivity index is 1.39. The smallest absolute Gasteiger partial charge is 0.261 e. The Labute approximate surface area is 217 Å². The van der Waals surface area contributed by atoms with Gasteiger partial charge >= 0.3 is 0 Å². The molecule has 4 rings (SSSR count). The van der Waals surface area contributed by atoms with Gasteiger partial charge in [0.2, 0.25) is 0 Å². The zero-order valence-corrected chi connectivity index (χ0v) is 21.2. The summed E-state index contributed by atoms with van der Waals surface area (Å²) in [7, 11) is -2.24. The number of rotatable bonds is 11. The second kappa shape index (κ2) is 12.1. The van der Waals surface area contributed by atoms with E-state index in [9.17, 15) is 13.2 Å². The van der Waals surface area contributed by atoms with Crippen molar-refractivity contribution in [2.24, 2.45) is 0 Å². The van der Waals surface area contributed by atoms with Crippen molar-refractivity contribution in [3.05, 3.63) is 120 Å². The van der Waals surface area contributed by atoms with Gasteiger partial charge in [-0.15, -0.1) is 0 Å². The second-order valence-electron chi connectivity index (χ2n) is 8.32. The first-order chi connectivity index (χ1) is 17.9. The molecule has 4 aromatic rings. The number of ether oxygens (including phenoxy) is 2. The van der Waals surface area contributed by atoms with Crippen LogP contribution in [0.1, 0.15) is 11.1 Å². The van der Waals surface area contributed by atoms with E-state index in [0.29, 0.717) is 30.3 Å². The Morgan fingerprint density at radius 3 is 1.76 bits per heavy atom. The lowest BCUT2D eigenvalue weighted by Gasteiger charge is -2.23. The summed E-state index contributed by atoms with van der Waals surface area (Å²) in [5.74, 6) is 0.854. The van der Waals surface area contributed by atoms with E-state index in [0.717, 1.165) is 11.1 Å². The number of carbonyl (C=O) groups is 1. The molecule has 0 heterocycles. The van der Waals surface area contributed by atoms with Crippen LogP contribution in [0.3, 0.4) is 0 Å². The largest absolute Gasteiger partial charge is 0.497 e. The molecule has 190 valence electrons. The van der Waals surface area contributed by atoms with E-state index in [2.05, 4.69) is 4.72 Å². The van der Waals surface area contributed by atoms with Gasteiger partial charge in [-0.1, -0.05) is 60.7 Å². The second-order valence-corrected chi connectivity index (χ2v) is 10.00. The maximum Gasteiger partial charge on any atom is 0.261 e. The molecular formula is C29H28N2O5S. The number of nitrogens with zero attached hydrogens (tertiary/aromatic N) is 1. The van der Waals surface area contributed by atoms with E-state index in [-0.39, 0.29) is 17.4 Å². The summed E-state index contributed by atoms with van der Waals surface area (Å²) in [6.07, 6.45) is 0. The lowest BCUT2D eigenvalue weighted by atomic mass is 10.1. The molecule has 0 saturated carbocycles. The third kappa shape index (κ3) is 7.35. The number of benzene rings is 4. The molecule has 0 saturated heterocycles. The van der Waals surface area contributed by atoms with Crippen molar-refractivity contribution in [1.29, 1.82) is 0 Å². The summed E-state index contributed by atoms with van der Waals surface area (Å²) >= 11 is 0. The van der Waals surface area contributed by atoms with Crippen molar-refractivity contribution in [3.8, 4) is 11.5 Å². The van der Waals surface area contributed by atoms with E-state index in [4.69, 9.17) is 9.47 Å². The fourth-order valence-corrected chi connectivity index (χ4v) is 4.72. The number of hydrogen-bond acceptors (Lipinski definition) is 5. The predicted octanol–water partition coefficient (Wildman–Crippen LogP) is 5.10. The predicted molar refractivity (Wildman–Crippen MR) is 143 cm³/mol. The summed E-state index contributed by atoms with van der Waals surface area (Å²) in [5.41, 5.74) is 2.46. The van der Waals surface area contributed by atoms with Gasteiger partial charge in [-0.2, -0.15) is 0 Å². The van der Waals surface area contributed by atoms with Crippen LogP contribution in [0.5, 0.6) is 11.5 Å². The number of methoxy groups -OCH3 is 1. The van der Waals surface area contributed by atoms with Gasteiger partial charge in [-0.25, -0.2) is 8.42 Å². The number of sulfonamides is 1. The van der Waals surface area contributed by atoms with Gasteiger partial charge in [0.25, 0.3) is 15.9 Å². The summed E-state index contributed by atoms with van der Waals surface area (Å²) in [5, 5.41) is 0. The number of carbonyl (C=O) groups excluding carboxylic acids is 1. The minimum Gasteiger partial charge on any atom is -0.497 e. The van der Waals surface area contributed by atoms with Crippen LogP contribution < -0.4 is 14.2 Å². The summed E-state index contributed by atoms with van der Waals surface area (Å²) in [4.78, 5) is 14.9. The van der Waals surface area contributed by atoms with Gasteiger partial charge in [0.1, 0.15) is 11.5 Å². The molecule has 7 nitrogen and oxygen atoms in total. The third-order valence-electron chi connectivity index (χ3n) is 5.62. The third-order valence-corrected chi connectivity index (χ3v) is 7.02. The lowest BCUT2D eigenvalue weighted by Crippen LogP contribution is -2.34. The first kappa shape index (κ1) is 25.8. The summed E-state index contributed by atoms with van der Waals surface area (Å²) in [6, 6.07) is 32.1. The van der Waals surface area contributed by atoms with E-state index < -0.39 is 10.0 Å². The molecule has 0 aliphatic rings. The van der Waals surface area contributed by atoms with Crippen LogP contribution in [-0.2, 0) is 27.9 Å². The minimum atomic E-state index is -3.79. The maximum atomic E-state index is 13.1. The summed E-state index contributed by atoms with van der Waals surface area (Å²) in [6.45, 7) is 0.730. The van der Waals surface area contributed by atoms with Crippen LogP contribution in [0.2, 0.25) is 0 Å². The van der Waals surface area contributed by atoms with Gasteiger partial charge in [-0.3, -0.25) is 9.52 Å². The van der Waals surface area contributed by atoms with E-state index in [1.165, 1.54) is 24.3 Å². The molecule has 0 bridgehead atoms. The van der Waals surface area contributed by atoms with Crippen molar-refractivity contribution >= 4 is 21.6 Å². The molecule has 0 aliphatic carbocycles. The van der Waals surface area contributed by atoms with Crippen LogP contribution in [0.15, 0.2) is 114 Å². The van der Waals surface area contributed by atoms with Crippen LogP contribution in [0.25, 0.3) is 0 Å². The van der Waals surface area contributed by atoms with Crippen molar-refractivity contribution in [2.75, 3.05) is 18.4 Å². The van der Waals surface area contributed by atoms with Crippen molar-refractivity contribution in [3.63, 3.8) is 0 Å². The molecule has 1 amide bonds. The zero-order valence-electron chi connectivity index (χ0n) is 20.4. The highest BCUT2D eigenvalue weighted by atomic mass is 32.2. The maximum absolute atomic E-state index is 13.1. The Kier molecular flexibility index (Phi) is 8.43. The first-order valence-corrected chi connectivity index (χ1v) is 13.2. The SMILES string of the molecule is COc1ccc(NS(=O)(=O)c2ccc(OCC(=O)N(Cc3ccccc3)Cc3ccccc3)cc2)cc1. The molecule has 4 aromatic carbocycles. The monoisotopic (exact) mass is 516 g/mol. The highest BCUT2D eigenvalue weighted by Gasteiger charge is 2.17. The highest BCUT2D eigenvalue weighted by Crippen LogP contribution is 2.21. The van der Waals surface area contributed by atoms with E-state index in [1.54, 1.807) is 36.3 Å². The Morgan fingerprint density at radius 1 is 0.730 bits per heavy atom. The van der Waals surface area contributed by atoms with Crippen molar-refractivity contribution < 1.29 is 22.7 Å². The van der Waals surface area contributed by atoms with Crippen LogP contribution in [0.4, 0.5) is 5.69 Å². The number of anilines is 1. The number of nitrogens with one attached hydrogen (secondary N) is 1. The van der Waals surface area contributed by atoms with Gasteiger partial charge in [0, 0.05) is 18.8 Å². The standard InChI is InChI=1S/C29H28N2O5S/c1-35-26-14-12-25(13-15-26)30-37(33,34)28-18-16-27(17-19-28)36-22-29(32)31(20-23-8-4-2-5-9-23)21-24-10-6-3-7-11-24/h2-19,30H,20-22H2,1H3. The number of hydrogen-bond donors (Lipinski definition) is 1. The van der Waals surface area contributed by atoms with Gasteiger partial charge in [0.05, 0.1) is 12.0 Å². The Hall–Kier alpha value is -4.30. The average Bonchev–Trinajstić information content (AvgIpc) is 2.93. The molecule has 1 N–H and O–H groups in total. The van der Waals surface area contributed by atoms with Crippen molar-refractivity contribution in [1.82, 2.24) is 4.90 Å². The van der Waals surface area contributed by atoms with Gasteiger partial charge < -0.3 is 14.4 Å². The first-order valence-electron chi connectivity index (χ1n) is 11.7. The van der Waals surface area contributed by atoms with Gasteiger partial charge in [-0.05, 0) is 59.7 Å². The molecule has 0 aromatic heterocycles.